The highest BCUT2D eigenvalue weighted by Crippen LogP contribution is 2.30. The van der Waals surface area contributed by atoms with Crippen LogP contribution in [0.25, 0.3) is 10.8 Å². The van der Waals surface area contributed by atoms with E-state index in [1.165, 1.54) is 0 Å². The predicted molar refractivity (Wildman–Crippen MR) is 75.5 cm³/mol. The number of hydrogen-bond donors (Lipinski definition) is 3. The molecule has 0 spiro atoms. The Hall–Kier alpha value is -1.81. The molecule has 1 unspecified atom stereocenters. The first-order valence-corrected chi connectivity index (χ1v) is 6.00. The van der Waals surface area contributed by atoms with E-state index in [0.29, 0.717) is 5.69 Å². The molecule has 4 nitrogen and oxygen atoms in total. The van der Waals surface area contributed by atoms with E-state index in [1.807, 2.05) is 32.0 Å². The van der Waals surface area contributed by atoms with Crippen LogP contribution >= 0.6 is 0 Å². The van der Waals surface area contributed by atoms with Gasteiger partial charge in [-0.15, -0.1) is 0 Å². The number of anilines is 2. The van der Waals surface area contributed by atoms with Crippen molar-refractivity contribution in [2.45, 2.75) is 32.4 Å². The van der Waals surface area contributed by atoms with Gasteiger partial charge in [0.1, 0.15) is 0 Å². The lowest BCUT2D eigenvalue weighted by Gasteiger charge is -2.31. The Morgan fingerprint density at radius 2 is 2.06 bits per heavy atom. The van der Waals surface area contributed by atoms with Crippen LogP contribution in [0.1, 0.15) is 20.8 Å². The highest BCUT2D eigenvalue weighted by atomic mass is 16.3. The van der Waals surface area contributed by atoms with Gasteiger partial charge >= 0.3 is 0 Å². The van der Waals surface area contributed by atoms with Gasteiger partial charge in [-0.1, -0.05) is 6.07 Å². The van der Waals surface area contributed by atoms with E-state index in [2.05, 4.69) is 10.3 Å². The Labute approximate surface area is 107 Å². The first-order valence-electron chi connectivity index (χ1n) is 6.00. The molecule has 0 fully saturated rings. The number of fused-ring (bicyclic) bond motifs is 1. The van der Waals surface area contributed by atoms with Crippen LogP contribution in [0.5, 0.6) is 0 Å². The van der Waals surface area contributed by atoms with Crippen molar-refractivity contribution in [2.75, 3.05) is 11.1 Å². The zero-order valence-electron chi connectivity index (χ0n) is 10.9. The number of pyridine rings is 1. The molecule has 0 aliphatic rings. The van der Waals surface area contributed by atoms with Crippen molar-refractivity contribution in [1.29, 1.82) is 0 Å². The maximum Gasteiger partial charge on any atom is 0.0736 e. The van der Waals surface area contributed by atoms with Crippen LogP contribution < -0.4 is 11.1 Å². The quantitative estimate of drug-likeness (QED) is 0.726. The van der Waals surface area contributed by atoms with Crippen LogP contribution in [0, 0.1) is 0 Å². The molecular weight excluding hydrogens is 226 g/mol. The van der Waals surface area contributed by atoms with Gasteiger partial charge in [-0.3, -0.25) is 4.98 Å². The molecule has 4 N–H and O–H groups in total. The largest absolute Gasteiger partial charge is 0.397 e. The zero-order valence-corrected chi connectivity index (χ0v) is 10.9. The highest BCUT2D eigenvalue weighted by Gasteiger charge is 2.24. The molecule has 0 bridgehead atoms. The molecule has 0 radical (unpaired) electrons. The molecule has 2 aromatic rings. The topological polar surface area (TPSA) is 71.2 Å². The van der Waals surface area contributed by atoms with E-state index in [9.17, 15) is 5.11 Å². The van der Waals surface area contributed by atoms with Gasteiger partial charge in [0.2, 0.25) is 0 Å². The summed E-state index contributed by atoms with van der Waals surface area (Å²) in [4.78, 5) is 4.07. The number of hydrogen-bond acceptors (Lipinski definition) is 4. The van der Waals surface area contributed by atoms with Crippen LogP contribution in [0.15, 0.2) is 30.6 Å². The maximum absolute atomic E-state index is 9.73. The fourth-order valence-electron chi connectivity index (χ4n) is 1.75. The van der Waals surface area contributed by atoms with Gasteiger partial charge in [0, 0.05) is 23.2 Å². The van der Waals surface area contributed by atoms with Crippen molar-refractivity contribution in [3.8, 4) is 0 Å². The van der Waals surface area contributed by atoms with Gasteiger partial charge < -0.3 is 16.2 Å². The van der Waals surface area contributed by atoms with E-state index >= 15 is 0 Å². The second kappa shape index (κ2) is 4.46. The summed E-state index contributed by atoms with van der Waals surface area (Å²) >= 11 is 0. The van der Waals surface area contributed by atoms with Crippen LogP contribution in [0.4, 0.5) is 11.4 Å². The Bertz CT molecular complexity index is 564. The molecular formula is C14H19N3O. The van der Waals surface area contributed by atoms with E-state index < -0.39 is 11.6 Å². The molecule has 0 aliphatic carbocycles. The highest BCUT2D eigenvalue weighted by molar-refractivity contribution is 5.98. The second-order valence-corrected chi connectivity index (χ2v) is 5.15. The third-order valence-electron chi connectivity index (χ3n) is 3.36. The molecule has 0 saturated carbocycles. The van der Waals surface area contributed by atoms with E-state index in [1.54, 1.807) is 19.3 Å². The predicted octanol–water partition coefficient (Wildman–Crippen LogP) is 2.39. The molecule has 1 aromatic carbocycles. The summed E-state index contributed by atoms with van der Waals surface area (Å²) in [5.74, 6) is 0. The number of nitrogen functional groups attached to an aromatic ring is 1. The standard InChI is InChI=1S/C14H19N3O/c1-9(18)14(2,3)17-12-5-4-10-8-16-7-6-11(10)13(12)15/h4-9,17-18H,15H2,1-3H3. The summed E-state index contributed by atoms with van der Waals surface area (Å²) in [5, 5.41) is 15.0. The van der Waals surface area contributed by atoms with Crippen LogP contribution in [0.3, 0.4) is 0 Å². The number of aliphatic hydroxyl groups excluding tert-OH is 1. The SMILES string of the molecule is CC(O)C(C)(C)Nc1ccc2cnccc2c1N. The Morgan fingerprint density at radius 1 is 1.33 bits per heavy atom. The summed E-state index contributed by atoms with van der Waals surface area (Å²) in [5.41, 5.74) is 7.24. The first kappa shape index (κ1) is 12.6. The third-order valence-corrected chi connectivity index (χ3v) is 3.36. The summed E-state index contributed by atoms with van der Waals surface area (Å²) in [7, 11) is 0. The fraction of sp³-hybridized carbons (Fsp3) is 0.357. The number of aromatic nitrogens is 1. The molecule has 0 saturated heterocycles. The van der Waals surface area contributed by atoms with Gasteiger partial charge in [-0.2, -0.15) is 0 Å². The third kappa shape index (κ3) is 2.24. The average molecular weight is 245 g/mol. The second-order valence-electron chi connectivity index (χ2n) is 5.15. The molecule has 2 rings (SSSR count). The van der Waals surface area contributed by atoms with Gasteiger partial charge in [-0.05, 0) is 32.9 Å². The lowest BCUT2D eigenvalue weighted by Crippen LogP contribution is -2.42. The van der Waals surface area contributed by atoms with Crippen molar-refractivity contribution in [3.63, 3.8) is 0 Å². The molecule has 0 amide bonds. The monoisotopic (exact) mass is 245 g/mol. The summed E-state index contributed by atoms with van der Waals surface area (Å²) in [6.07, 6.45) is 3.03. The number of nitrogens with two attached hydrogens (primary N) is 1. The minimum absolute atomic E-state index is 0.436. The molecule has 96 valence electrons. The van der Waals surface area contributed by atoms with Gasteiger partial charge in [-0.25, -0.2) is 0 Å². The van der Waals surface area contributed by atoms with Gasteiger partial charge in [0.05, 0.1) is 23.0 Å². The molecule has 1 heterocycles. The first-order chi connectivity index (χ1) is 8.42. The van der Waals surface area contributed by atoms with Crippen molar-refractivity contribution >= 4 is 22.1 Å². The van der Waals surface area contributed by atoms with E-state index in [0.717, 1.165) is 16.5 Å². The van der Waals surface area contributed by atoms with Crippen molar-refractivity contribution < 1.29 is 5.11 Å². The van der Waals surface area contributed by atoms with Crippen molar-refractivity contribution in [2.24, 2.45) is 0 Å². The van der Waals surface area contributed by atoms with Gasteiger partial charge in [0.25, 0.3) is 0 Å². The minimum atomic E-state index is -0.481. The van der Waals surface area contributed by atoms with E-state index in [-0.39, 0.29) is 0 Å². The molecule has 1 aromatic heterocycles. The van der Waals surface area contributed by atoms with Gasteiger partial charge in [0.15, 0.2) is 0 Å². The Kier molecular flexibility index (Phi) is 3.13. The van der Waals surface area contributed by atoms with Crippen molar-refractivity contribution in [1.82, 2.24) is 4.98 Å². The number of aliphatic hydroxyl groups is 1. The number of benzene rings is 1. The summed E-state index contributed by atoms with van der Waals surface area (Å²) in [6, 6.07) is 5.79. The maximum atomic E-state index is 9.73. The summed E-state index contributed by atoms with van der Waals surface area (Å²) < 4.78 is 0. The number of nitrogens with zero attached hydrogens (tertiary/aromatic N) is 1. The number of nitrogens with one attached hydrogen (secondary N) is 1. The average Bonchev–Trinajstić information content (AvgIpc) is 2.33. The normalized spacial score (nSPS) is 13.6. The molecule has 18 heavy (non-hydrogen) atoms. The lowest BCUT2D eigenvalue weighted by molar-refractivity contribution is 0.133. The Balaban J connectivity index is 2.44. The van der Waals surface area contributed by atoms with Crippen LogP contribution in [-0.4, -0.2) is 21.7 Å². The molecule has 0 aliphatic heterocycles. The minimum Gasteiger partial charge on any atom is -0.397 e. The van der Waals surface area contributed by atoms with Crippen LogP contribution in [-0.2, 0) is 0 Å². The lowest BCUT2D eigenvalue weighted by atomic mass is 9.97. The van der Waals surface area contributed by atoms with Crippen LogP contribution in [0.2, 0.25) is 0 Å². The number of rotatable bonds is 3. The molecule has 1 atom stereocenters. The fourth-order valence-corrected chi connectivity index (χ4v) is 1.75. The van der Waals surface area contributed by atoms with E-state index in [4.69, 9.17) is 5.73 Å². The summed E-state index contributed by atoms with van der Waals surface area (Å²) in [6.45, 7) is 5.63. The molecule has 4 heteroatoms. The smallest absolute Gasteiger partial charge is 0.0736 e. The van der Waals surface area contributed by atoms with Crippen molar-refractivity contribution in [3.05, 3.63) is 30.6 Å². The Morgan fingerprint density at radius 3 is 2.72 bits per heavy atom. The zero-order chi connectivity index (χ0) is 13.3.